The van der Waals surface area contributed by atoms with Gasteiger partial charge in [-0.15, -0.1) is 0 Å². The van der Waals surface area contributed by atoms with Crippen LogP contribution in [-0.2, 0) is 23.5 Å². The third-order valence-electron chi connectivity index (χ3n) is 4.30. The molecule has 7 heteroatoms. The Labute approximate surface area is 137 Å². The van der Waals surface area contributed by atoms with Crippen molar-refractivity contribution in [3.63, 3.8) is 0 Å². The zero-order chi connectivity index (χ0) is 16.4. The number of rotatable bonds is 5. The zero-order valence-electron chi connectivity index (χ0n) is 13.5. The second kappa shape index (κ2) is 6.41. The van der Waals surface area contributed by atoms with Gasteiger partial charge in [0.25, 0.3) is 10.0 Å². The van der Waals surface area contributed by atoms with Gasteiger partial charge in [0.05, 0.1) is 6.33 Å². The van der Waals surface area contributed by atoms with Gasteiger partial charge in [-0.25, -0.2) is 13.4 Å². The molecule has 1 aliphatic rings. The number of aromatic nitrogens is 3. The highest BCUT2D eigenvalue weighted by atomic mass is 32.2. The van der Waals surface area contributed by atoms with E-state index in [-0.39, 0.29) is 11.1 Å². The topological polar surface area (TPSA) is 68.1 Å². The lowest BCUT2D eigenvalue weighted by Crippen LogP contribution is -2.36. The van der Waals surface area contributed by atoms with Crippen molar-refractivity contribution in [1.82, 2.24) is 18.8 Å². The summed E-state index contributed by atoms with van der Waals surface area (Å²) in [7, 11) is -1.71. The number of imidazole rings is 1. The SMILES string of the molecule is Cc1cc(CC[C@@H]2CCCN2S(=O)(=O)c2cn(C)cn2)ccn1. The first-order chi connectivity index (χ1) is 11.0. The van der Waals surface area contributed by atoms with E-state index in [4.69, 9.17) is 0 Å². The normalized spacial score (nSPS) is 19.3. The monoisotopic (exact) mass is 334 g/mol. The Hall–Kier alpha value is -1.73. The molecule has 1 fully saturated rings. The molecule has 0 unspecified atom stereocenters. The van der Waals surface area contributed by atoms with Crippen molar-refractivity contribution in [2.45, 2.75) is 43.7 Å². The van der Waals surface area contributed by atoms with E-state index in [0.717, 1.165) is 31.4 Å². The Kier molecular flexibility index (Phi) is 4.50. The van der Waals surface area contributed by atoms with Crippen LogP contribution in [0.4, 0.5) is 0 Å². The van der Waals surface area contributed by atoms with Crippen LogP contribution < -0.4 is 0 Å². The van der Waals surface area contributed by atoms with Crippen molar-refractivity contribution < 1.29 is 8.42 Å². The van der Waals surface area contributed by atoms with E-state index in [9.17, 15) is 8.42 Å². The van der Waals surface area contributed by atoms with E-state index >= 15 is 0 Å². The maximum atomic E-state index is 12.8. The molecule has 0 amide bonds. The van der Waals surface area contributed by atoms with E-state index in [1.807, 2.05) is 19.2 Å². The maximum absolute atomic E-state index is 12.8. The van der Waals surface area contributed by atoms with Gasteiger partial charge < -0.3 is 4.57 Å². The fourth-order valence-corrected chi connectivity index (χ4v) is 4.84. The Morgan fingerprint density at radius 3 is 2.87 bits per heavy atom. The molecular formula is C16H22N4O2S. The summed E-state index contributed by atoms with van der Waals surface area (Å²) < 4.78 is 28.8. The molecule has 0 aromatic carbocycles. The predicted octanol–water partition coefficient (Wildman–Crippen LogP) is 1.91. The molecule has 23 heavy (non-hydrogen) atoms. The summed E-state index contributed by atoms with van der Waals surface area (Å²) in [4.78, 5) is 8.22. The largest absolute Gasteiger partial charge is 0.339 e. The molecule has 0 spiro atoms. The molecule has 2 aromatic rings. The van der Waals surface area contributed by atoms with Crippen LogP contribution in [0.15, 0.2) is 35.9 Å². The van der Waals surface area contributed by atoms with Crippen LogP contribution in [0.2, 0.25) is 0 Å². The van der Waals surface area contributed by atoms with Gasteiger partial charge in [0.1, 0.15) is 0 Å². The van der Waals surface area contributed by atoms with Crippen LogP contribution in [0.1, 0.15) is 30.5 Å². The Balaban J connectivity index is 1.73. The van der Waals surface area contributed by atoms with Crippen molar-refractivity contribution >= 4 is 10.0 Å². The van der Waals surface area contributed by atoms with Gasteiger partial charge in [-0.3, -0.25) is 4.98 Å². The molecule has 0 radical (unpaired) electrons. The van der Waals surface area contributed by atoms with E-state index in [2.05, 4.69) is 16.0 Å². The summed E-state index contributed by atoms with van der Waals surface area (Å²) in [6.45, 7) is 2.55. The van der Waals surface area contributed by atoms with Crippen LogP contribution >= 0.6 is 0 Å². The van der Waals surface area contributed by atoms with Crippen molar-refractivity contribution in [3.8, 4) is 0 Å². The molecule has 0 saturated carbocycles. The minimum Gasteiger partial charge on any atom is -0.339 e. The second-order valence-electron chi connectivity index (χ2n) is 6.13. The second-order valence-corrected chi connectivity index (χ2v) is 7.97. The third-order valence-corrected chi connectivity index (χ3v) is 6.14. The van der Waals surface area contributed by atoms with Crippen molar-refractivity contribution in [2.24, 2.45) is 7.05 Å². The highest BCUT2D eigenvalue weighted by molar-refractivity contribution is 7.89. The lowest BCUT2D eigenvalue weighted by molar-refractivity contribution is 0.369. The van der Waals surface area contributed by atoms with Gasteiger partial charge in [-0.1, -0.05) is 0 Å². The highest BCUT2D eigenvalue weighted by Crippen LogP contribution is 2.28. The standard InChI is InChI=1S/C16H22N4O2S/c1-13-10-14(7-8-17-13)5-6-15-4-3-9-20(15)23(21,22)16-11-19(2)12-18-16/h7-8,10-12,15H,3-6,9H2,1-2H3/t15-/m0/s1. The third kappa shape index (κ3) is 3.45. The highest BCUT2D eigenvalue weighted by Gasteiger charge is 2.36. The Morgan fingerprint density at radius 2 is 2.17 bits per heavy atom. The van der Waals surface area contributed by atoms with Crippen LogP contribution in [0.3, 0.4) is 0 Å². The molecule has 0 bridgehead atoms. The molecular weight excluding hydrogens is 312 g/mol. The van der Waals surface area contributed by atoms with Crippen LogP contribution in [-0.4, -0.2) is 39.8 Å². The molecule has 1 saturated heterocycles. The van der Waals surface area contributed by atoms with Crippen molar-refractivity contribution in [2.75, 3.05) is 6.54 Å². The molecule has 6 nitrogen and oxygen atoms in total. The van der Waals surface area contributed by atoms with Crippen LogP contribution in [0.25, 0.3) is 0 Å². The Bertz CT molecular complexity index is 785. The fraction of sp³-hybridized carbons (Fsp3) is 0.500. The molecule has 3 rings (SSSR count). The number of aryl methyl sites for hydroxylation is 3. The van der Waals surface area contributed by atoms with Crippen LogP contribution in [0.5, 0.6) is 0 Å². The van der Waals surface area contributed by atoms with Gasteiger partial charge in [0.2, 0.25) is 0 Å². The van der Waals surface area contributed by atoms with Crippen molar-refractivity contribution in [1.29, 1.82) is 0 Å². The lowest BCUT2D eigenvalue weighted by Gasteiger charge is -2.23. The van der Waals surface area contributed by atoms with Gasteiger partial charge in [0.15, 0.2) is 5.03 Å². The molecule has 0 aliphatic carbocycles. The van der Waals surface area contributed by atoms with Gasteiger partial charge in [0, 0.05) is 37.7 Å². The van der Waals surface area contributed by atoms with Crippen molar-refractivity contribution in [3.05, 3.63) is 42.1 Å². The number of sulfonamides is 1. The number of nitrogens with zero attached hydrogens (tertiary/aromatic N) is 4. The number of hydrogen-bond donors (Lipinski definition) is 0. The number of pyridine rings is 1. The maximum Gasteiger partial charge on any atom is 0.262 e. The molecule has 1 atom stereocenters. The van der Waals surface area contributed by atoms with Gasteiger partial charge in [-0.05, 0) is 50.3 Å². The summed E-state index contributed by atoms with van der Waals surface area (Å²) >= 11 is 0. The summed E-state index contributed by atoms with van der Waals surface area (Å²) in [6.07, 6.45) is 8.41. The average molecular weight is 334 g/mol. The molecule has 1 aliphatic heterocycles. The molecule has 124 valence electrons. The number of hydrogen-bond acceptors (Lipinski definition) is 4. The van der Waals surface area contributed by atoms with E-state index < -0.39 is 10.0 Å². The summed E-state index contributed by atoms with van der Waals surface area (Å²) in [5.41, 5.74) is 2.20. The molecule has 3 heterocycles. The van der Waals surface area contributed by atoms with E-state index in [1.54, 1.807) is 22.1 Å². The first kappa shape index (κ1) is 16.1. The minimum atomic E-state index is -3.49. The summed E-state index contributed by atoms with van der Waals surface area (Å²) in [5.74, 6) is 0. The van der Waals surface area contributed by atoms with E-state index in [0.29, 0.717) is 6.54 Å². The van der Waals surface area contributed by atoms with Gasteiger partial charge >= 0.3 is 0 Å². The summed E-state index contributed by atoms with van der Waals surface area (Å²) in [6, 6.07) is 4.11. The lowest BCUT2D eigenvalue weighted by atomic mass is 10.0. The predicted molar refractivity (Wildman–Crippen MR) is 87.4 cm³/mol. The zero-order valence-corrected chi connectivity index (χ0v) is 14.3. The quantitative estimate of drug-likeness (QED) is 0.837. The summed E-state index contributed by atoms with van der Waals surface area (Å²) in [5, 5.41) is 0.145. The van der Waals surface area contributed by atoms with E-state index in [1.165, 1.54) is 11.9 Å². The first-order valence-corrected chi connectivity index (χ1v) is 9.32. The Morgan fingerprint density at radius 1 is 1.35 bits per heavy atom. The molecule has 0 N–H and O–H groups in total. The van der Waals surface area contributed by atoms with Gasteiger partial charge in [-0.2, -0.15) is 4.31 Å². The average Bonchev–Trinajstić information content (AvgIpc) is 3.14. The minimum absolute atomic E-state index is 0.0514. The smallest absolute Gasteiger partial charge is 0.262 e. The first-order valence-electron chi connectivity index (χ1n) is 7.88. The molecule has 2 aromatic heterocycles. The van der Waals surface area contributed by atoms with Crippen LogP contribution in [0, 0.1) is 6.92 Å². The fourth-order valence-electron chi connectivity index (χ4n) is 3.15.